The minimum absolute atomic E-state index is 0.222. The Morgan fingerprint density at radius 2 is 2.12 bits per heavy atom. The van der Waals surface area contributed by atoms with Gasteiger partial charge in [-0.2, -0.15) is 0 Å². The highest BCUT2D eigenvalue weighted by Crippen LogP contribution is 2.28. The average molecular weight is 220 g/mol. The topological polar surface area (TPSA) is 46.5 Å². The van der Waals surface area contributed by atoms with E-state index >= 15 is 0 Å². The van der Waals surface area contributed by atoms with Crippen molar-refractivity contribution in [2.24, 2.45) is 0 Å². The van der Waals surface area contributed by atoms with Crippen molar-refractivity contribution in [3.8, 4) is 5.75 Å². The molecule has 86 valence electrons. The lowest BCUT2D eigenvalue weighted by molar-refractivity contribution is -0.103. The van der Waals surface area contributed by atoms with E-state index in [4.69, 9.17) is 9.84 Å². The summed E-state index contributed by atoms with van der Waals surface area (Å²) in [7, 11) is 1.54. The van der Waals surface area contributed by atoms with Crippen LogP contribution < -0.4 is 4.74 Å². The van der Waals surface area contributed by atoms with Crippen molar-refractivity contribution >= 4 is 11.9 Å². The Hall–Kier alpha value is -1.77. The fraction of sp³-hybridized carbons (Fsp3) is 0.308. The molecule has 0 aliphatic heterocycles. The smallest absolute Gasteiger partial charge is 0.153 e. The predicted octanol–water partition coefficient (Wildman–Crippen LogP) is 2.92. The highest BCUT2D eigenvalue weighted by molar-refractivity contribution is 6.07. The minimum atomic E-state index is 0.222. The van der Waals surface area contributed by atoms with Crippen LogP contribution in [0.3, 0.4) is 0 Å². The number of methoxy groups -OCH3 is 1. The first-order chi connectivity index (χ1) is 7.63. The van der Waals surface area contributed by atoms with Crippen LogP contribution in [0.15, 0.2) is 24.5 Å². The van der Waals surface area contributed by atoms with Gasteiger partial charge in [-0.05, 0) is 23.6 Å². The molecule has 1 aromatic carbocycles. The molecule has 0 atom stereocenters. The van der Waals surface area contributed by atoms with Gasteiger partial charge in [0.05, 0.1) is 18.9 Å². The highest BCUT2D eigenvalue weighted by Gasteiger charge is 2.10. The normalized spacial score (nSPS) is 11.6. The van der Waals surface area contributed by atoms with Crippen LogP contribution in [0.4, 0.5) is 0 Å². The molecule has 0 amide bonds. The Kier molecular flexibility index (Phi) is 4.11. The molecule has 0 bridgehead atoms. The van der Waals surface area contributed by atoms with Crippen LogP contribution in [0.2, 0.25) is 0 Å². The molecule has 3 heteroatoms. The Bertz CT molecular complexity index is 406. The van der Waals surface area contributed by atoms with Crippen LogP contribution in [-0.2, 0) is 4.79 Å². The number of aliphatic hydroxyl groups is 1. The van der Waals surface area contributed by atoms with Gasteiger partial charge in [-0.1, -0.05) is 19.9 Å². The zero-order chi connectivity index (χ0) is 12.1. The summed E-state index contributed by atoms with van der Waals surface area (Å²) in [6.07, 6.45) is 1.41. The van der Waals surface area contributed by atoms with E-state index in [1.807, 2.05) is 12.1 Å². The molecule has 0 heterocycles. The van der Waals surface area contributed by atoms with Crippen molar-refractivity contribution in [3.63, 3.8) is 0 Å². The largest absolute Gasteiger partial charge is 0.515 e. The Labute approximate surface area is 95.4 Å². The molecule has 0 aliphatic rings. The maximum atomic E-state index is 10.8. The van der Waals surface area contributed by atoms with Crippen LogP contribution in [-0.4, -0.2) is 18.5 Å². The fourth-order valence-electron chi connectivity index (χ4n) is 1.47. The Morgan fingerprint density at radius 3 is 2.56 bits per heavy atom. The van der Waals surface area contributed by atoms with Crippen LogP contribution in [0.25, 0.3) is 5.57 Å². The number of allylic oxidation sites excluding steroid dienone is 1. The number of hydrogen-bond acceptors (Lipinski definition) is 3. The average Bonchev–Trinajstić information content (AvgIpc) is 2.30. The third-order valence-corrected chi connectivity index (χ3v) is 2.47. The number of aliphatic hydroxyl groups excluding tert-OH is 1. The lowest BCUT2D eigenvalue weighted by Crippen LogP contribution is -1.96. The highest BCUT2D eigenvalue weighted by atomic mass is 16.5. The number of rotatable bonds is 4. The summed E-state index contributed by atoms with van der Waals surface area (Å²) in [4.78, 5) is 10.8. The van der Waals surface area contributed by atoms with E-state index in [-0.39, 0.29) is 5.57 Å². The van der Waals surface area contributed by atoms with Crippen molar-refractivity contribution < 1.29 is 14.6 Å². The lowest BCUT2D eigenvalue weighted by atomic mass is 9.97. The third kappa shape index (κ3) is 2.42. The molecule has 3 nitrogen and oxygen atoms in total. The first-order valence-corrected chi connectivity index (χ1v) is 5.12. The summed E-state index contributed by atoms with van der Waals surface area (Å²) in [5.74, 6) is 0.938. The van der Waals surface area contributed by atoms with Gasteiger partial charge in [0, 0.05) is 5.56 Å². The minimum Gasteiger partial charge on any atom is -0.515 e. The summed E-state index contributed by atoms with van der Waals surface area (Å²) in [6.45, 7) is 4.13. The maximum absolute atomic E-state index is 10.8. The van der Waals surface area contributed by atoms with E-state index in [1.54, 1.807) is 6.07 Å². The zero-order valence-corrected chi connectivity index (χ0v) is 9.73. The number of aldehydes is 1. The quantitative estimate of drug-likeness (QED) is 0.482. The van der Waals surface area contributed by atoms with Gasteiger partial charge >= 0.3 is 0 Å². The predicted molar refractivity (Wildman–Crippen MR) is 63.8 cm³/mol. The molecule has 0 unspecified atom stereocenters. The number of carbonyl (C=O) groups excluding carboxylic acids is 1. The molecule has 16 heavy (non-hydrogen) atoms. The molecule has 0 aliphatic carbocycles. The molecule has 0 spiro atoms. The summed E-state index contributed by atoms with van der Waals surface area (Å²) in [5.41, 5.74) is 1.93. The Balaban J connectivity index is 3.32. The molecule has 0 saturated carbocycles. The van der Waals surface area contributed by atoms with Crippen molar-refractivity contribution in [3.05, 3.63) is 35.6 Å². The van der Waals surface area contributed by atoms with E-state index < -0.39 is 0 Å². The van der Waals surface area contributed by atoms with Crippen molar-refractivity contribution in [1.82, 2.24) is 0 Å². The lowest BCUT2D eigenvalue weighted by Gasteiger charge is -2.12. The van der Waals surface area contributed by atoms with Crippen LogP contribution >= 0.6 is 0 Å². The molecule has 0 fully saturated rings. The van der Waals surface area contributed by atoms with Crippen LogP contribution in [0, 0.1) is 0 Å². The van der Waals surface area contributed by atoms with Gasteiger partial charge in [-0.15, -0.1) is 0 Å². The second kappa shape index (κ2) is 5.35. The Morgan fingerprint density at radius 1 is 1.44 bits per heavy atom. The van der Waals surface area contributed by atoms with Gasteiger partial charge < -0.3 is 9.84 Å². The van der Waals surface area contributed by atoms with Crippen LogP contribution in [0.5, 0.6) is 5.75 Å². The molecule has 0 aromatic heterocycles. The van der Waals surface area contributed by atoms with Gasteiger partial charge in [0.1, 0.15) is 5.75 Å². The van der Waals surface area contributed by atoms with E-state index in [9.17, 15) is 4.79 Å². The fourth-order valence-corrected chi connectivity index (χ4v) is 1.47. The third-order valence-electron chi connectivity index (χ3n) is 2.47. The summed E-state index contributed by atoms with van der Waals surface area (Å²) < 4.78 is 5.15. The maximum Gasteiger partial charge on any atom is 0.153 e. The summed E-state index contributed by atoms with van der Waals surface area (Å²) in [5, 5.41) is 8.98. The first kappa shape index (κ1) is 12.3. The molecule has 0 saturated heterocycles. The molecular weight excluding hydrogens is 204 g/mol. The number of hydrogen-bond donors (Lipinski definition) is 1. The SMILES string of the molecule is COc1ccc(C(C)C)cc1/C(C=O)=C/O. The van der Waals surface area contributed by atoms with Crippen molar-refractivity contribution in [2.45, 2.75) is 19.8 Å². The van der Waals surface area contributed by atoms with Gasteiger partial charge in [0.15, 0.2) is 6.29 Å². The zero-order valence-electron chi connectivity index (χ0n) is 9.73. The van der Waals surface area contributed by atoms with E-state index in [0.717, 1.165) is 11.8 Å². The standard InChI is InChI=1S/C13H16O3/c1-9(2)10-4-5-13(16-3)12(6-10)11(7-14)8-15/h4-9,14H,1-3H3/b11-7+. The monoisotopic (exact) mass is 220 g/mol. The molecule has 1 N–H and O–H groups in total. The van der Waals surface area contributed by atoms with E-state index in [1.165, 1.54) is 7.11 Å². The summed E-state index contributed by atoms with van der Waals surface area (Å²) in [6, 6.07) is 5.62. The molecular formula is C13H16O3. The van der Waals surface area contributed by atoms with Crippen molar-refractivity contribution in [1.29, 1.82) is 0 Å². The molecule has 0 radical (unpaired) electrons. The second-order valence-electron chi connectivity index (χ2n) is 3.82. The van der Waals surface area contributed by atoms with Gasteiger partial charge in [-0.25, -0.2) is 0 Å². The van der Waals surface area contributed by atoms with Gasteiger partial charge in [-0.3, -0.25) is 4.79 Å². The number of benzene rings is 1. The number of ether oxygens (including phenoxy) is 1. The summed E-state index contributed by atoms with van der Waals surface area (Å²) >= 11 is 0. The van der Waals surface area contributed by atoms with Crippen LogP contribution in [0.1, 0.15) is 30.9 Å². The van der Waals surface area contributed by atoms with Crippen molar-refractivity contribution in [2.75, 3.05) is 7.11 Å². The number of carbonyl (C=O) groups is 1. The second-order valence-corrected chi connectivity index (χ2v) is 3.82. The molecule has 1 aromatic rings. The molecule has 1 rings (SSSR count). The van der Waals surface area contributed by atoms with Gasteiger partial charge in [0.2, 0.25) is 0 Å². The van der Waals surface area contributed by atoms with Gasteiger partial charge in [0.25, 0.3) is 0 Å². The van der Waals surface area contributed by atoms with E-state index in [0.29, 0.717) is 23.5 Å². The first-order valence-electron chi connectivity index (χ1n) is 5.12. The van der Waals surface area contributed by atoms with E-state index in [2.05, 4.69) is 13.8 Å².